The Morgan fingerprint density at radius 2 is 2.33 bits per heavy atom. The van der Waals surface area contributed by atoms with E-state index in [1.54, 1.807) is 0 Å². The minimum absolute atomic E-state index is 0.0208. The molecule has 0 amide bonds. The first-order chi connectivity index (χ1) is 2.77. The molecule has 0 spiro atoms. The Hall–Kier alpha value is 0.353. The average Bonchev–Trinajstić information content (AvgIpc) is 1.35. The van der Waals surface area contributed by atoms with Crippen LogP contribution in [-0.2, 0) is 35.2 Å². The van der Waals surface area contributed by atoms with E-state index in [9.17, 15) is 9.59 Å². The maximum absolute atomic E-state index is 9.63. The van der Waals surface area contributed by atoms with Gasteiger partial charge in [-0.15, -0.1) is 0 Å². The fraction of sp³-hybridized carbons (Fsp3) is 0. The van der Waals surface area contributed by atoms with Crippen molar-refractivity contribution < 1.29 is 40.0 Å². The van der Waals surface area contributed by atoms with Crippen LogP contribution in [0.15, 0.2) is 0 Å². The summed E-state index contributed by atoms with van der Waals surface area (Å²) in [7, 11) is 0. The van der Waals surface area contributed by atoms with Crippen LogP contribution in [0.3, 0.4) is 0 Å². The topological polar surface area (TPSA) is 34.1 Å². The molecule has 38 valence electrons. The van der Waals surface area contributed by atoms with Gasteiger partial charge in [0.2, 0.25) is 0 Å². The van der Waals surface area contributed by atoms with Gasteiger partial charge in [0.05, 0.1) is 0 Å². The summed E-state index contributed by atoms with van der Waals surface area (Å²) in [5, 5.41) is 1.36. The zero-order chi connectivity index (χ0) is 4.99. The van der Waals surface area contributed by atoms with Crippen molar-refractivity contribution in [2.75, 3.05) is 0 Å². The first kappa shape index (κ1) is 6.35. The van der Waals surface area contributed by atoms with Crippen molar-refractivity contribution in [3.63, 3.8) is 0 Å². The first-order valence-electron chi connectivity index (χ1n) is 0.908. The van der Waals surface area contributed by atoms with Crippen molar-refractivity contribution in [3.8, 4) is 0 Å². The minimum atomic E-state index is -0.478. The van der Waals surface area contributed by atoms with Gasteiger partial charge in [0.15, 0.2) is 0 Å². The van der Waals surface area contributed by atoms with E-state index in [0.29, 0.717) is 0 Å². The molecule has 4 heteroatoms. The predicted octanol–water partition coefficient (Wildman–Crippen LogP) is -0.197. The molecule has 0 aliphatic heterocycles. The van der Waals surface area contributed by atoms with Crippen molar-refractivity contribution >= 4 is 8.87 Å². The van der Waals surface area contributed by atoms with Gasteiger partial charge < -0.3 is 0 Å². The second-order valence-electron chi connectivity index (χ2n) is 0.343. The van der Waals surface area contributed by atoms with Crippen LogP contribution in [0.1, 0.15) is 0 Å². The zero-order valence-electron chi connectivity index (χ0n) is 2.48. The van der Waals surface area contributed by atoms with Gasteiger partial charge in [0.1, 0.15) is 0 Å². The van der Waals surface area contributed by atoms with E-state index in [1.165, 1.54) is 5.22 Å². The SMILES string of the molecule is O=[C][Co][C](=O)[Co]. The van der Waals surface area contributed by atoms with Crippen molar-refractivity contribution in [1.29, 1.82) is 0 Å². The summed E-state index contributed by atoms with van der Waals surface area (Å²) >= 11 is 3.33. The molecule has 0 aromatic heterocycles. The molecular weight excluding hydrogens is 174 g/mol. The van der Waals surface area contributed by atoms with Crippen molar-refractivity contribution in [3.05, 3.63) is 0 Å². The fourth-order valence-electron chi connectivity index (χ4n) is 0.0252. The van der Waals surface area contributed by atoms with Crippen LogP contribution in [0, 0.1) is 0 Å². The Labute approximate surface area is 49.2 Å². The van der Waals surface area contributed by atoms with E-state index in [-0.39, 0.29) is 14.7 Å². The molecular formula is C2Co2O2. The van der Waals surface area contributed by atoms with E-state index >= 15 is 0 Å². The summed E-state index contributed by atoms with van der Waals surface area (Å²) in [5.74, 6) is 0. The number of carbonyl (C=O) groups is 1. The molecule has 0 aliphatic carbocycles. The molecule has 0 rings (SSSR count). The molecule has 0 saturated carbocycles. The molecule has 0 aliphatic rings. The quantitative estimate of drug-likeness (QED) is 0.580. The zero-order valence-corrected chi connectivity index (χ0v) is 4.57. The molecule has 0 saturated heterocycles. The van der Waals surface area contributed by atoms with Gasteiger partial charge in [-0.25, -0.2) is 0 Å². The van der Waals surface area contributed by atoms with Gasteiger partial charge in [0.25, 0.3) is 0 Å². The van der Waals surface area contributed by atoms with Crippen LogP contribution in [-0.4, -0.2) is 8.87 Å². The van der Waals surface area contributed by atoms with Crippen molar-refractivity contribution in [2.24, 2.45) is 0 Å². The van der Waals surface area contributed by atoms with Gasteiger partial charge in [-0.3, -0.25) is 0 Å². The Kier molecular flexibility index (Phi) is 3.75. The van der Waals surface area contributed by atoms with E-state index in [4.69, 9.17) is 0 Å². The monoisotopic (exact) mass is 174 g/mol. The number of hydrogen-bond acceptors (Lipinski definition) is 2. The van der Waals surface area contributed by atoms with Crippen LogP contribution < -0.4 is 0 Å². The van der Waals surface area contributed by atoms with E-state index < -0.39 is 3.65 Å². The van der Waals surface area contributed by atoms with E-state index in [2.05, 4.69) is 15.7 Å². The molecule has 1 radical (unpaired) electrons. The third-order valence-electron chi connectivity index (χ3n) is 0.0958. The Morgan fingerprint density at radius 3 is 2.33 bits per heavy atom. The second-order valence-corrected chi connectivity index (χ2v) is 2.13. The molecule has 0 bridgehead atoms. The number of rotatable bonds is 2. The maximum atomic E-state index is 9.63. The van der Waals surface area contributed by atoms with Gasteiger partial charge in [-0.05, 0) is 0 Å². The molecule has 6 heavy (non-hydrogen) atoms. The summed E-state index contributed by atoms with van der Waals surface area (Å²) in [6, 6.07) is 0. The average molecular weight is 174 g/mol. The number of hydrogen-bond donors (Lipinski definition) is 0. The molecule has 0 unspecified atom stereocenters. The van der Waals surface area contributed by atoms with E-state index in [1.807, 2.05) is 0 Å². The summed E-state index contributed by atoms with van der Waals surface area (Å²) in [6.07, 6.45) is 0. The molecule has 0 atom stereocenters. The number of carbonyl (C=O) groups excluding carboxylic acids is 2. The van der Waals surface area contributed by atoms with Gasteiger partial charge >= 0.3 is 48.9 Å². The van der Waals surface area contributed by atoms with Gasteiger partial charge in [0, 0.05) is 0 Å². The first-order valence-corrected chi connectivity index (χ1v) is 2.47. The normalized spacial score (nSPS) is 8.33. The summed E-state index contributed by atoms with van der Waals surface area (Å²) in [4.78, 5) is 18.8. The molecule has 0 fully saturated rings. The van der Waals surface area contributed by atoms with Crippen LogP contribution >= 0.6 is 0 Å². The Morgan fingerprint density at radius 1 is 1.83 bits per heavy atom. The summed E-state index contributed by atoms with van der Waals surface area (Å²) in [5.41, 5.74) is 0. The van der Waals surface area contributed by atoms with Gasteiger partial charge in [-0.1, -0.05) is 0 Å². The van der Waals surface area contributed by atoms with Gasteiger partial charge in [-0.2, -0.15) is 0 Å². The van der Waals surface area contributed by atoms with Crippen LogP contribution in [0.2, 0.25) is 0 Å². The van der Waals surface area contributed by atoms with Crippen molar-refractivity contribution in [1.82, 2.24) is 0 Å². The molecule has 2 nitrogen and oxygen atoms in total. The molecule has 0 aromatic rings. The van der Waals surface area contributed by atoms with Crippen LogP contribution in [0.25, 0.3) is 0 Å². The summed E-state index contributed by atoms with van der Waals surface area (Å²) in [6.45, 7) is 0. The fourth-order valence-corrected chi connectivity index (χ4v) is 0.250. The molecule has 0 aromatic carbocycles. The predicted molar refractivity (Wildman–Crippen MR) is 11.1 cm³/mol. The second kappa shape index (κ2) is 3.54. The standard InChI is InChI=1S/2CO.2Co/c2*1-2;;. The van der Waals surface area contributed by atoms with Crippen molar-refractivity contribution in [2.45, 2.75) is 0 Å². The Bertz CT molecular complexity index is 69.9. The van der Waals surface area contributed by atoms with Crippen LogP contribution in [0.5, 0.6) is 0 Å². The van der Waals surface area contributed by atoms with Crippen LogP contribution in [0.4, 0.5) is 4.79 Å². The summed E-state index contributed by atoms with van der Waals surface area (Å²) < 4.78 is -0.478. The third kappa shape index (κ3) is 4.35. The van der Waals surface area contributed by atoms with E-state index in [0.717, 1.165) is 0 Å². The third-order valence-corrected chi connectivity index (χ3v) is 0.753. The molecule has 0 N–H and O–H groups in total. The Balaban J connectivity index is 3.05. The molecule has 0 heterocycles.